The van der Waals surface area contributed by atoms with Crippen molar-refractivity contribution in [3.05, 3.63) is 17.6 Å². The summed E-state index contributed by atoms with van der Waals surface area (Å²) in [5, 5.41) is 0. The predicted molar refractivity (Wildman–Crippen MR) is 89.9 cm³/mol. The Kier molecular flexibility index (Phi) is 4.38. The van der Waals surface area contributed by atoms with E-state index >= 15 is 0 Å². The third-order valence-corrected chi connectivity index (χ3v) is 4.37. The second-order valence-electron chi connectivity index (χ2n) is 7.48. The maximum atomic E-state index is 12.3. The number of ether oxygens (including phenoxy) is 2. The Morgan fingerprint density at radius 3 is 2.71 bits per heavy atom. The number of piperazine rings is 1. The molecule has 24 heavy (non-hydrogen) atoms. The fourth-order valence-electron chi connectivity index (χ4n) is 3.23. The summed E-state index contributed by atoms with van der Waals surface area (Å²) >= 11 is 0. The maximum Gasteiger partial charge on any atom is 0.410 e. The summed E-state index contributed by atoms with van der Waals surface area (Å²) in [6.45, 7) is 12.3. The standard InChI is InChI=1S/C17H26N4O3/c1-11-8-20(16(22)24-17(3,4)5)6-7-21(11)15-14-12(2)23-9-13(14)18-10-19-15/h10-12H,6-9H2,1-5H3. The monoisotopic (exact) mass is 334 g/mol. The largest absolute Gasteiger partial charge is 0.444 e. The predicted octanol–water partition coefficient (Wildman–Crippen LogP) is 2.51. The molecule has 0 radical (unpaired) electrons. The highest BCUT2D eigenvalue weighted by atomic mass is 16.6. The average Bonchev–Trinajstić information content (AvgIpc) is 2.87. The lowest BCUT2D eigenvalue weighted by atomic mass is 10.1. The van der Waals surface area contributed by atoms with Crippen molar-refractivity contribution < 1.29 is 14.3 Å². The van der Waals surface area contributed by atoms with Crippen LogP contribution in [0.3, 0.4) is 0 Å². The number of hydrogen-bond donors (Lipinski definition) is 0. The van der Waals surface area contributed by atoms with Crippen molar-refractivity contribution in [2.45, 2.75) is 59.0 Å². The Labute approximate surface area is 143 Å². The Bertz CT molecular complexity index is 629. The lowest BCUT2D eigenvalue weighted by Gasteiger charge is -2.41. The third kappa shape index (κ3) is 3.31. The number of carbonyl (C=O) groups is 1. The molecule has 3 rings (SSSR count). The van der Waals surface area contributed by atoms with Crippen LogP contribution in [0.15, 0.2) is 6.33 Å². The number of aromatic nitrogens is 2. The summed E-state index contributed by atoms with van der Waals surface area (Å²) in [7, 11) is 0. The van der Waals surface area contributed by atoms with Crippen LogP contribution >= 0.6 is 0 Å². The summed E-state index contributed by atoms with van der Waals surface area (Å²) in [6, 6.07) is 0.151. The van der Waals surface area contributed by atoms with Gasteiger partial charge in [-0.3, -0.25) is 0 Å². The van der Waals surface area contributed by atoms with Gasteiger partial charge < -0.3 is 19.3 Å². The Morgan fingerprint density at radius 2 is 2.04 bits per heavy atom. The molecule has 2 aliphatic rings. The Balaban J connectivity index is 1.74. The van der Waals surface area contributed by atoms with E-state index in [0.29, 0.717) is 19.7 Å². The fourth-order valence-corrected chi connectivity index (χ4v) is 3.23. The van der Waals surface area contributed by atoms with Crippen LogP contribution in [0.25, 0.3) is 0 Å². The first-order valence-electron chi connectivity index (χ1n) is 8.46. The zero-order valence-corrected chi connectivity index (χ0v) is 15.1. The molecule has 1 aromatic rings. The average molecular weight is 334 g/mol. The second kappa shape index (κ2) is 6.20. The first-order valence-corrected chi connectivity index (χ1v) is 8.46. The number of anilines is 1. The molecule has 1 fully saturated rings. The highest BCUT2D eigenvalue weighted by Gasteiger charge is 2.34. The van der Waals surface area contributed by atoms with Gasteiger partial charge in [0.1, 0.15) is 17.7 Å². The molecule has 3 heterocycles. The molecular formula is C17H26N4O3. The van der Waals surface area contributed by atoms with Gasteiger partial charge in [-0.1, -0.05) is 0 Å². The van der Waals surface area contributed by atoms with Crippen LogP contribution in [0.1, 0.15) is 52.0 Å². The molecule has 0 aromatic carbocycles. The van der Waals surface area contributed by atoms with Gasteiger partial charge in [0.05, 0.1) is 18.4 Å². The van der Waals surface area contributed by atoms with Gasteiger partial charge in [0.15, 0.2) is 0 Å². The molecule has 0 aliphatic carbocycles. The number of fused-ring (bicyclic) bond motifs is 1. The quantitative estimate of drug-likeness (QED) is 0.786. The summed E-state index contributed by atoms with van der Waals surface area (Å²) < 4.78 is 11.2. The lowest BCUT2D eigenvalue weighted by molar-refractivity contribution is 0.0218. The fraction of sp³-hybridized carbons (Fsp3) is 0.706. The summed E-state index contributed by atoms with van der Waals surface area (Å²) in [5.41, 5.74) is 1.57. The van der Waals surface area contributed by atoms with Crippen molar-refractivity contribution in [2.75, 3.05) is 24.5 Å². The molecule has 2 aliphatic heterocycles. The zero-order valence-electron chi connectivity index (χ0n) is 15.1. The number of hydrogen-bond acceptors (Lipinski definition) is 6. The molecule has 0 bridgehead atoms. The second-order valence-corrected chi connectivity index (χ2v) is 7.48. The number of carbonyl (C=O) groups excluding carboxylic acids is 1. The van der Waals surface area contributed by atoms with Crippen LogP contribution in [0.4, 0.5) is 10.6 Å². The molecular weight excluding hydrogens is 308 g/mol. The molecule has 2 unspecified atom stereocenters. The Hall–Kier alpha value is -1.89. The van der Waals surface area contributed by atoms with Gasteiger partial charge in [0.25, 0.3) is 0 Å². The highest BCUT2D eigenvalue weighted by molar-refractivity contribution is 5.69. The van der Waals surface area contributed by atoms with Crippen LogP contribution < -0.4 is 4.90 Å². The smallest absolute Gasteiger partial charge is 0.410 e. The van der Waals surface area contributed by atoms with Gasteiger partial charge in [-0.2, -0.15) is 0 Å². The van der Waals surface area contributed by atoms with E-state index < -0.39 is 5.60 Å². The van der Waals surface area contributed by atoms with Gasteiger partial charge in [-0.05, 0) is 34.6 Å². The molecule has 2 atom stereocenters. The third-order valence-electron chi connectivity index (χ3n) is 4.37. The van der Waals surface area contributed by atoms with Crippen LogP contribution in [-0.4, -0.2) is 52.2 Å². The van der Waals surface area contributed by atoms with E-state index in [1.807, 2.05) is 27.7 Å². The number of nitrogens with zero attached hydrogens (tertiary/aromatic N) is 4. The summed E-state index contributed by atoms with van der Waals surface area (Å²) in [4.78, 5) is 25.1. The molecule has 0 saturated carbocycles. The number of amides is 1. The Morgan fingerprint density at radius 1 is 1.29 bits per heavy atom. The minimum atomic E-state index is -0.474. The topological polar surface area (TPSA) is 67.8 Å². The minimum absolute atomic E-state index is 0.00675. The summed E-state index contributed by atoms with van der Waals surface area (Å²) in [5.74, 6) is 0.932. The molecule has 1 aromatic heterocycles. The van der Waals surface area contributed by atoms with E-state index in [2.05, 4.69) is 21.8 Å². The van der Waals surface area contributed by atoms with E-state index in [-0.39, 0.29) is 18.2 Å². The van der Waals surface area contributed by atoms with Crippen LogP contribution in [-0.2, 0) is 16.1 Å². The van der Waals surface area contributed by atoms with Crippen molar-refractivity contribution in [3.63, 3.8) is 0 Å². The van der Waals surface area contributed by atoms with E-state index in [1.165, 1.54) is 0 Å². The lowest BCUT2D eigenvalue weighted by Crippen LogP contribution is -2.55. The van der Waals surface area contributed by atoms with E-state index in [4.69, 9.17) is 9.47 Å². The first kappa shape index (κ1) is 17.0. The molecule has 7 heteroatoms. The highest BCUT2D eigenvalue weighted by Crippen LogP contribution is 2.36. The molecule has 132 valence electrons. The van der Waals surface area contributed by atoms with E-state index in [9.17, 15) is 4.79 Å². The van der Waals surface area contributed by atoms with Crippen molar-refractivity contribution in [1.82, 2.24) is 14.9 Å². The summed E-state index contributed by atoms with van der Waals surface area (Å²) in [6.07, 6.45) is 1.36. The van der Waals surface area contributed by atoms with Crippen LogP contribution in [0.5, 0.6) is 0 Å². The number of rotatable bonds is 1. The van der Waals surface area contributed by atoms with Crippen molar-refractivity contribution in [1.29, 1.82) is 0 Å². The van der Waals surface area contributed by atoms with Crippen molar-refractivity contribution in [2.24, 2.45) is 0 Å². The van der Waals surface area contributed by atoms with Gasteiger partial charge in [-0.25, -0.2) is 14.8 Å². The van der Waals surface area contributed by atoms with E-state index in [0.717, 1.165) is 23.6 Å². The molecule has 1 amide bonds. The maximum absolute atomic E-state index is 12.3. The van der Waals surface area contributed by atoms with Gasteiger partial charge >= 0.3 is 6.09 Å². The van der Waals surface area contributed by atoms with Crippen molar-refractivity contribution in [3.8, 4) is 0 Å². The molecule has 7 nitrogen and oxygen atoms in total. The van der Waals surface area contributed by atoms with Crippen molar-refractivity contribution >= 4 is 11.9 Å². The van der Waals surface area contributed by atoms with Gasteiger partial charge in [0.2, 0.25) is 0 Å². The van der Waals surface area contributed by atoms with E-state index in [1.54, 1.807) is 11.2 Å². The molecule has 0 N–H and O–H groups in total. The first-order chi connectivity index (χ1) is 11.3. The van der Waals surface area contributed by atoms with Crippen LogP contribution in [0, 0.1) is 0 Å². The normalized spacial score (nSPS) is 24.0. The zero-order chi connectivity index (χ0) is 17.5. The molecule has 1 saturated heterocycles. The SMILES string of the molecule is CC1OCc2ncnc(N3CCN(C(=O)OC(C)(C)C)CC3C)c21. The molecule has 0 spiro atoms. The van der Waals surface area contributed by atoms with Crippen LogP contribution in [0.2, 0.25) is 0 Å². The van der Waals surface area contributed by atoms with Gasteiger partial charge in [0, 0.05) is 31.2 Å². The van der Waals surface area contributed by atoms with Gasteiger partial charge in [-0.15, -0.1) is 0 Å². The minimum Gasteiger partial charge on any atom is -0.444 e.